The molecule has 8 aromatic carbocycles. The lowest BCUT2D eigenvalue weighted by molar-refractivity contribution is 0.660. The molecule has 0 amide bonds. The summed E-state index contributed by atoms with van der Waals surface area (Å²) in [5.74, 6) is 0. The highest BCUT2D eigenvalue weighted by molar-refractivity contribution is 6.10. The van der Waals surface area contributed by atoms with Crippen LogP contribution in [0.1, 0.15) is 0 Å². The number of para-hydroxylation sites is 4. The van der Waals surface area contributed by atoms with Gasteiger partial charge in [-0.3, -0.25) is 4.79 Å². The second-order valence-electron chi connectivity index (χ2n) is 13.7. The minimum absolute atomic E-state index is 0.0309. The predicted molar refractivity (Wildman–Crippen MR) is 220 cm³/mol. The highest BCUT2D eigenvalue weighted by Crippen LogP contribution is 2.36. The van der Waals surface area contributed by atoms with E-state index in [9.17, 15) is 4.79 Å². The van der Waals surface area contributed by atoms with Gasteiger partial charge < -0.3 is 13.6 Å². The minimum atomic E-state index is -0.0309. The van der Waals surface area contributed by atoms with Gasteiger partial charge in [-0.2, -0.15) is 0 Å². The average molecular weight is 679 g/mol. The van der Waals surface area contributed by atoms with E-state index in [0.717, 1.165) is 44.7 Å². The van der Waals surface area contributed by atoms with Gasteiger partial charge in [0.05, 0.1) is 32.8 Å². The molecule has 0 saturated heterocycles. The third-order valence-corrected chi connectivity index (χ3v) is 10.8. The minimum Gasteiger partial charge on any atom is -0.456 e. The van der Waals surface area contributed by atoms with Gasteiger partial charge in [-0.15, -0.1) is 0 Å². The van der Waals surface area contributed by atoms with Crippen LogP contribution in [0.5, 0.6) is 0 Å². The van der Waals surface area contributed by atoms with Crippen LogP contribution in [0, 0.1) is 0 Å². The van der Waals surface area contributed by atoms with Crippen LogP contribution in [0.2, 0.25) is 0 Å². The molecule has 3 aromatic heterocycles. The molecule has 0 unspecified atom stereocenters. The molecule has 0 radical (unpaired) electrons. The molecule has 3 heterocycles. The lowest BCUT2D eigenvalue weighted by Gasteiger charge is -2.11. The number of hydrogen-bond donors (Lipinski definition) is 0. The van der Waals surface area contributed by atoms with Gasteiger partial charge in [-0.1, -0.05) is 115 Å². The second-order valence-corrected chi connectivity index (χ2v) is 13.7. The highest BCUT2D eigenvalue weighted by Gasteiger charge is 2.16. The fourth-order valence-corrected chi connectivity index (χ4v) is 8.31. The number of nitrogens with zero attached hydrogens (tertiary/aromatic N) is 2. The first-order valence-corrected chi connectivity index (χ1v) is 17.9. The Kier molecular flexibility index (Phi) is 6.37. The van der Waals surface area contributed by atoms with Crippen LogP contribution in [0.4, 0.5) is 0 Å². The van der Waals surface area contributed by atoms with E-state index in [2.05, 4.69) is 155 Å². The SMILES string of the molecule is O=c1c2ccc(-c3ccc(-n4c5ccccc5c5ccccc54)cc3)cc2oc2cccc(-c3ccc(-n4c5ccccc5c5ccccc54)cc3)c12. The zero-order chi connectivity index (χ0) is 35.0. The first kappa shape index (κ1) is 29.5. The molecule has 0 aliphatic heterocycles. The maximum absolute atomic E-state index is 14.2. The molecule has 0 fully saturated rings. The molecule has 0 spiro atoms. The fourth-order valence-electron chi connectivity index (χ4n) is 8.31. The van der Waals surface area contributed by atoms with Crippen molar-refractivity contribution >= 4 is 65.6 Å². The smallest absolute Gasteiger partial charge is 0.201 e. The normalized spacial score (nSPS) is 11.8. The van der Waals surface area contributed by atoms with E-state index in [1.807, 2.05) is 36.4 Å². The molecule has 0 bridgehead atoms. The average Bonchev–Trinajstić information content (AvgIpc) is 3.74. The van der Waals surface area contributed by atoms with E-state index >= 15 is 0 Å². The molecule has 4 nitrogen and oxygen atoms in total. The molecule has 4 heteroatoms. The first-order valence-electron chi connectivity index (χ1n) is 17.9. The van der Waals surface area contributed by atoms with Gasteiger partial charge >= 0.3 is 0 Å². The maximum atomic E-state index is 14.2. The van der Waals surface area contributed by atoms with Crippen LogP contribution in [-0.4, -0.2) is 9.13 Å². The third-order valence-electron chi connectivity index (χ3n) is 10.8. The molecule has 0 N–H and O–H groups in total. The second kappa shape index (κ2) is 11.4. The Morgan fingerprint density at radius 3 is 1.32 bits per heavy atom. The quantitative estimate of drug-likeness (QED) is 0.174. The van der Waals surface area contributed by atoms with Crippen LogP contribution < -0.4 is 5.43 Å². The van der Waals surface area contributed by atoms with Gasteiger partial charge in [-0.25, -0.2) is 0 Å². The standard InChI is InChI=1S/C49H30N2O2/c52-49-41-29-24-33(31-20-25-34(26-21-31)50-42-15-5-1-10-37(42)38-11-2-6-16-43(38)50)30-47(41)53-46-19-9-14-36(48(46)49)32-22-27-35(28-23-32)51-44-17-7-3-12-39(44)40-13-4-8-18-45(40)51/h1-30H. The summed E-state index contributed by atoms with van der Waals surface area (Å²) in [5.41, 5.74) is 11.8. The number of benzene rings is 8. The summed E-state index contributed by atoms with van der Waals surface area (Å²) in [5, 5.41) is 6.09. The predicted octanol–water partition coefficient (Wildman–Crippen LogP) is 12.5. The summed E-state index contributed by atoms with van der Waals surface area (Å²) >= 11 is 0. The Labute approximate surface area is 304 Å². The van der Waals surface area contributed by atoms with Crippen molar-refractivity contribution in [2.75, 3.05) is 0 Å². The van der Waals surface area contributed by atoms with Crippen LogP contribution in [0.3, 0.4) is 0 Å². The van der Waals surface area contributed by atoms with Crippen molar-refractivity contribution in [3.8, 4) is 33.6 Å². The molecule has 53 heavy (non-hydrogen) atoms. The number of rotatable bonds is 4. The molecule has 0 atom stereocenters. The Balaban J connectivity index is 0.968. The number of fused-ring (bicyclic) bond motifs is 8. The maximum Gasteiger partial charge on any atom is 0.201 e. The van der Waals surface area contributed by atoms with Crippen molar-refractivity contribution in [1.82, 2.24) is 9.13 Å². The molecular formula is C49H30N2O2. The monoisotopic (exact) mass is 678 g/mol. The number of hydrogen-bond acceptors (Lipinski definition) is 2. The molecule has 248 valence electrons. The van der Waals surface area contributed by atoms with Crippen molar-refractivity contribution in [2.45, 2.75) is 0 Å². The van der Waals surface area contributed by atoms with Crippen molar-refractivity contribution in [3.63, 3.8) is 0 Å². The summed E-state index contributed by atoms with van der Waals surface area (Å²) in [6, 6.07) is 62.9. The Morgan fingerprint density at radius 1 is 0.358 bits per heavy atom. The Morgan fingerprint density at radius 2 is 0.811 bits per heavy atom. The topological polar surface area (TPSA) is 40.1 Å². The van der Waals surface area contributed by atoms with Crippen molar-refractivity contribution in [3.05, 3.63) is 192 Å². The molecule has 11 aromatic rings. The Hall–Kier alpha value is -7.17. The molecule has 11 rings (SSSR count). The number of aromatic nitrogens is 2. The summed E-state index contributed by atoms with van der Waals surface area (Å²) in [6.07, 6.45) is 0. The van der Waals surface area contributed by atoms with E-state index in [0.29, 0.717) is 21.9 Å². The highest BCUT2D eigenvalue weighted by atomic mass is 16.3. The van der Waals surface area contributed by atoms with Crippen LogP contribution >= 0.6 is 0 Å². The molecular weight excluding hydrogens is 649 g/mol. The zero-order valence-corrected chi connectivity index (χ0v) is 28.5. The lowest BCUT2D eigenvalue weighted by Crippen LogP contribution is -2.04. The van der Waals surface area contributed by atoms with Gasteiger partial charge in [0, 0.05) is 32.9 Å². The van der Waals surface area contributed by atoms with Gasteiger partial charge in [0.1, 0.15) is 11.2 Å². The first-order chi connectivity index (χ1) is 26.2. The van der Waals surface area contributed by atoms with Gasteiger partial charge in [-0.05, 0) is 89.0 Å². The summed E-state index contributed by atoms with van der Waals surface area (Å²) in [6.45, 7) is 0. The van der Waals surface area contributed by atoms with E-state index in [1.165, 1.54) is 32.6 Å². The summed E-state index contributed by atoms with van der Waals surface area (Å²) < 4.78 is 11.1. The van der Waals surface area contributed by atoms with E-state index in [1.54, 1.807) is 0 Å². The summed E-state index contributed by atoms with van der Waals surface area (Å²) in [7, 11) is 0. The molecule has 0 aliphatic carbocycles. The van der Waals surface area contributed by atoms with Crippen molar-refractivity contribution in [2.24, 2.45) is 0 Å². The lowest BCUT2D eigenvalue weighted by atomic mass is 9.98. The molecule has 0 aliphatic rings. The third kappa shape index (κ3) is 4.46. The summed E-state index contributed by atoms with van der Waals surface area (Å²) in [4.78, 5) is 14.2. The van der Waals surface area contributed by atoms with Gasteiger partial charge in [0.25, 0.3) is 0 Å². The molecule has 0 saturated carbocycles. The van der Waals surface area contributed by atoms with Crippen molar-refractivity contribution < 1.29 is 4.42 Å². The van der Waals surface area contributed by atoms with Crippen LogP contribution in [-0.2, 0) is 0 Å². The van der Waals surface area contributed by atoms with Gasteiger partial charge in [0.15, 0.2) is 0 Å². The van der Waals surface area contributed by atoms with Gasteiger partial charge in [0.2, 0.25) is 5.43 Å². The zero-order valence-electron chi connectivity index (χ0n) is 28.5. The van der Waals surface area contributed by atoms with Crippen LogP contribution in [0.15, 0.2) is 191 Å². The fraction of sp³-hybridized carbons (Fsp3) is 0. The van der Waals surface area contributed by atoms with Crippen molar-refractivity contribution in [1.29, 1.82) is 0 Å². The largest absolute Gasteiger partial charge is 0.456 e. The van der Waals surface area contributed by atoms with E-state index in [4.69, 9.17) is 4.42 Å². The van der Waals surface area contributed by atoms with E-state index < -0.39 is 0 Å². The van der Waals surface area contributed by atoms with Crippen LogP contribution in [0.25, 0.3) is 99.2 Å². The van der Waals surface area contributed by atoms with E-state index in [-0.39, 0.29) is 5.43 Å². The Bertz CT molecular complexity index is 3180.